The highest BCUT2D eigenvalue weighted by atomic mass is 35.5. The minimum atomic E-state index is -4.09. The number of aryl methyl sites for hydroxylation is 1. The highest BCUT2D eigenvalue weighted by Crippen LogP contribution is 2.31. The third kappa shape index (κ3) is 4.32. The van der Waals surface area contributed by atoms with Gasteiger partial charge in [-0.05, 0) is 48.9 Å². The SMILES string of the molecule is Cc1ccc(N2C(=O)CC(N(Cc3ccccc3)S(=O)(=O)c3ccc(Cl)cc3)C2=O)cc1. The van der Waals surface area contributed by atoms with Gasteiger partial charge in [-0.3, -0.25) is 9.59 Å². The number of hydrogen-bond donors (Lipinski definition) is 0. The summed E-state index contributed by atoms with van der Waals surface area (Å²) in [5.41, 5.74) is 2.12. The van der Waals surface area contributed by atoms with Crippen LogP contribution in [0.5, 0.6) is 0 Å². The zero-order valence-electron chi connectivity index (χ0n) is 17.3. The fourth-order valence-corrected chi connectivity index (χ4v) is 5.37. The molecule has 0 saturated carbocycles. The number of amides is 2. The molecule has 0 aromatic heterocycles. The maximum Gasteiger partial charge on any atom is 0.252 e. The number of imide groups is 1. The van der Waals surface area contributed by atoms with E-state index in [1.165, 1.54) is 24.3 Å². The second kappa shape index (κ2) is 8.86. The van der Waals surface area contributed by atoms with Crippen molar-refractivity contribution in [3.8, 4) is 0 Å². The first-order chi connectivity index (χ1) is 15.3. The average Bonchev–Trinajstić information content (AvgIpc) is 3.07. The molecular weight excluding hydrogens is 448 g/mol. The molecule has 8 heteroatoms. The van der Waals surface area contributed by atoms with Crippen LogP contribution >= 0.6 is 11.6 Å². The van der Waals surface area contributed by atoms with Crippen LogP contribution in [0.2, 0.25) is 5.02 Å². The van der Waals surface area contributed by atoms with Gasteiger partial charge in [-0.2, -0.15) is 4.31 Å². The Bertz CT molecular complexity index is 1240. The van der Waals surface area contributed by atoms with Crippen molar-refractivity contribution < 1.29 is 18.0 Å². The second-order valence-electron chi connectivity index (χ2n) is 7.61. The number of carbonyl (C=O) groups is 2. The van der Waals surface area contributed by atoms with Crippen LogP contribution in [0.4, 0.5) is 5.69 Å². The zero-order valence-corrected chi connectivity index (χ0v) is 18.9. The van der Waals surface area contributed by atoms with Crippen LogP contribution in [0.15, 0.2) is 83.8 Å². The van der Waals surface area contributed by atoms with Crippen LogP contribution in [0, 0.1) is 6.92 Å². The lowest BCUT2D eigenvalue weighted by atomic mass is 10.2. The Labute approximate surface area is 192 Å². The predicted molar refractivity (Wildman–Crippen MR) is 123 cm³/mol. The number of rotatable bonds is 6. The molecule has 1 atom stereocenters. The highest BCUT2D eigenvalue weighted by Gasteiger charge is 2.46. The van der Waals surface area contributed by atoms with Gasteiger partial charge >= 0.3 is 0 Å². The molecule has 1 heterocycles. The van der Waals surface area contributed by atoms with E-state index in [9.17, 15) is 18.0 Å². The molecule has 164 valence electrons. The van der Waals surface area contributed by atoms with Crippen LogP contribution < -0.4 is 4.90 Å². The summed E-state index contributed by atoms with van der Waals surface area (Å²) in [4.78, 5) is 27.2. The number of anilines is 1. The Morgan fingerprint density at radius 3 is 2.19 bits per heavy atom. The normalized spacial score (nSPS) is 16.7. The largest absolute Gasteiger partial charge is 0.274 e. The third-order valence-corrected chi connectivity index (χ3v) is 7.48. The Kier molecular flexibility index (Phi) is 6.15. The van der Waals surface area contributed by atoms with Gasteiger partial charge in [0.15, 0.2) is 0 Å². The van der Waals surface area contributed by atoms with Crippen LogP contribution in [-0.4, -0.2) is 30.6 Å². The standard InChI is InChI=1S/C24H21ClN2O4S/c1-17-7-11-20(12-8-17)27-23(28)15-22(24(27)29)26(16-18-5-3-2-4-6-18)32(30,31)21-13-9-19(25)10-14-21/h2-14,22H,15-16H2,1H3. The van der Waals surface area contributed by atoms with E-state index < -0.39 is 27.9 Å². The number of halogens is 1. The van der Waals surface area contributed by atoms with Gasteiger partial charge in [0.25, 0.3) is 5.91 Å². The van der Waals surface area contributed by atoms with Crippen LogP contribution in [0.1, 0.15) is 17.5 Å². The Morgan fingerprint density at radius 2 is 1.56 bits per heavy atom. The number of benzene rings is 3. The number of nitrogens with zero attached hydrogens (tertiary/aromatic N) is 2. The smallest absolute Gasteiger partial charge is 0.252 e. The third-order valence-electron chi connectivity index (χ3n) is 5.36. The average molecular weight is 469 g/mol. The topological polar surface area (TPSA) is 74.8 Å². The Balaban J connectivity index is 1.74. The van der Waals surface area contributed by atoms with Gasteiger partial charge < -0.3 is 0 Å². The van der Waals surface area contributed by atoms with E-state index >= 15 is 0 Å². The first-order valence-corrected chi connectivity index (χ1v) is 11.8. The molecule has 1 unspecified atom stereocenters. The maximum atomic E-state index is 13.6. The summed E-state index contributed by atoms with van der Waals surface area (Å²) < 4.78 is 28.3. The molecule has 0 spiro atoms. The van der Waals surface area contributed by atoms with E-state index in [2.05, 4.69) is 0 Å². The first kappa shape index (κ1) is 22.2. The fourth-order valence-electron chi connectivity index (χ4n) is 3.67. The summed E-state index contributed by atoms with van der Waals surface area (Å²) >= 11 is 5.92. The van der Waals surface area contributed by atoms with E-state index in [0.717, 1.165) is 14.8 Å². The molecule has 0 N–H and O–H groups in total. The van der Waals surface area contributed by atoms with E-state index in [-0.39, 0.29) is 17.9 Å². The van der Waals surface area contributed by atoms with Gasteiger partial charge in [0.2, 0.25) is 15.9 Å². The minimum Gasteiger partial charge on any atom is -0.274 e. The lowest BCUT2D eigenvalue weighted by molar-refractivity contribution is -0.122. The van der Waals surface area contributed by atoms with Crippen molar-refractivity contribution >= 4 is 39.1 Å². The summed E-state index contributed by atoms with van der Waals surface area (Å²) in [6.45, 7) is 1.86. The molecular formula is C24H21ClN2O4S. The molecule has 32 heavy (non-hydrogen) atoms. The fraction of sp³-hybridized carbons (Fsp3) is 0.167. The Morgan fingerprint density at radius 1 is 0.938 bits per heavy atom. The summed E-state index contributed by atoms with van der Waals surface area (Å²) in [6.07, 6.45) is -0.230. The molecule has 2 amide bonds. The van der Waals surface area contributed by atoms with E-state index in [4.69, 9.17) is 11.6 Å². The molecule has 1 aliphatic heterocycles. The van der Waals surface area contributed by atoms with E-state index in [1.807, 2.05) is 13.0 Å². The van der Waals surface area contributed by atoms with Gasteiger partial charge in [0, 0.05) is 11.6 Å². The lowest BCUT2D eigenvalue weighted by Gasteiger charge is -2.27. The van der Waals surface area contributed by atoms with Gasteiger partial charge in [0.05, 0.1) is 17.0 Å². The van der Waals surface area contributed by atoms with Crippen molar-refractivity contribution in [2.24, 2.45) is 0 Å². The van der Waals surface area contributed by atoms with Gasteiger partial charge in [-0.25, -0.2) is 13.3 Å². The zero-order chi connectivity index (χ0) is 22.9. The molecule has 1 fully saturated rings. The van der Waals surface area contributed by atoms with Crippen molar-refractivity contribution in [1.29, 1.82) is 0 Å². The van der Waals surface area contributed by atoms with Crippen LogP contribution in [0.3, 0.4) is 0 Å². The van der Waals surface area contributed by atoms with Crippen molar-refractivity contribution in [2.75, 3.05) is 4.90 Å². The molecule has 6 nitrogen and oxygen atoms in total. The number of carbonyl (C=O) groups excluding carboxylic acids is 2. The monoisotopic (exact) mass is 468 g/mol. The molecule has 1 saturated heterocycles. The van der Waals surface area contributed by atoms with Crippen LogP contribution in [-0.2, 0) is 26.2 Å². The number of hydrogen-bond acceptors (Lipinski definition) is 4. The molecule has 3 aromatic carbocycles. The van der Waals surface area contributed by atoms with Gasteiger partial charge in [-0.1, -0.05) is 59.6 Å². The molecule has 0 radical (unpaired) electrons. The predicted octanol–water partition coefficient (Wildman–Crippen LogP) is 4.17. The molecule has 0 aliphatic carbocycles. The molecule has 3 aromatic rings. The summed E-state index contributed by atoms with van der Waals surface area (Å²) in [5, 5.41) is 0.399. The minimum absolute atomic E-state index is 0.00636. The van der Waals surface area contributed by atoms with E-state index in [0.29, 0.717) is 16.3 Å². The maximum absolute atomic E-state index is 13.6. The molecule has 1 aliphatic rings. The summed E-state index contributed by atoms with van der Waals surface area (Å²) in [5.74, 6) is -0.999. The van der Waals surface area contributed by atoms with Gasteiger partial charge in [-0.15, -0.1) is 0 Å². The lowest BCUT2D eigenvalue weighted by Crippen LogP contribution is -2.45. The van der Waals surface area contributed by atoms with Crippen molar-refractivity contribution in [2.45, 2.75) is 30.8 Å². The van der Waals surface area contributed by atoms with Crippen molar-refractivity contribution in [3.05, 3.63) is 95.0 Å². The first-order valence-electron chi connectivity index (χ1n) is 10.0. The molecule has 4 rings (SSSR count). The van der Waals surface area contributed by atoms with Crippen molar-refractivity contribution in [3.63, 3.8) is 0 Å². The Hall–Kier alpha value is -3.00. The summed E-state index contributed by atoms with van der Waals surface area (Å²) in [6, 6.07) is 20.6. The van der Waals surface area contributed by atoms with E-state index in [1.54, 1.807) is 48.5 Å². The number of sulfonamides is 1. The van der Waals surface area contributed by atoms with Crippen LogP contribution in [0.25, 0.3) is 0 Å². The van der Waals surface area contributed by atoms with Gasteiger partial charge in [0.1, 0.15) is 6.04 Å². The highest BCUT2D eigenvalue weighted by molar-refractivity contribution is 7.89. The second-order valence-corrected chi connectivity index (χ2v) is 9.94. The molecule has 0 bridgehead atoms. The van der Waals surface area contributed by atoms with Crippen molar-refractivity contribution in [1.82, 2.24) is 4.31 Å². The quantitative estimate of drug-likeness (QED) is 0.509. The summed E-state index contributed by atoms with van der Waals surface area (Å²) in [7, 11) is -4.09.